The second-order valence-corrected chi connectivity index (χ2v) is 10.8. The zero-order valence-corrected chi connectivity index (χ0v) is 25.0. The maximum atomic E-state index is 13.5. The topological polar surface area (TPSA) is 101 Å². The second-order valence-electron chi connectivity index (χ2n) is 10.8. The maximum absolute atomic E-state index is 13.5. The minimum atomic E-state index is -0.307. The highest BCUT2D eigenvalue weighted by molar-refractivity contribution is 6.00. The Morgan fingerprint density at radius 1 is 0.800 bits per heavy atom. The lowest BCUT2D eigenvalue weighted by Gasteiger charge is -2.36. The number of piperazine rings is 1. The van der Waals surface area contributed by atoms with Crippen molar-refractivity contribution in [2.45, 2.75) is 6.54 Å². The van der Waals surface area contributed by atoms with Crippen molar-refractivity contribution >= 4 is 29.1 Å². The highest BCUT2D eigenvalue weighted by Crippen LogP contribution is 2.33. The minimum Gasteiger partial charge on any atom is -0.497 e. The molecule has 2 aliphatic heterocycles. The number of carbonyl (C=O) groups is 3. The third-order valence-electron chi connectivity index (χ3n) is 7.88. The van der Waals surface area contributed by atoms with Crippen molar-refractivity contribution in [2.75, 3.05) is 56.8 Å². The molecule has 4 aromatic carbocycles. The molecular formula is C35H34N4O6. The number of nitrogens with zero attached hydrogens (tertiary/aromatic N) is 3. The van der Waals surface area contributed by atoms with Gasteiger partial charge in [0.2, 0.25) is 12.7 Å². The fraction of sp³-hybridized carbons (Fsp3) is 0.229. The van der Waals surface area contributed by atoms with E-state index in [9.17, 15) is 14.4 Å². The van der Waals surface area contributed by atoms with Gasteiger partial charge < -0.3 is 34.2 Å². The molecule has 0 unspecified atom stereocenters. The third-order valence-corrected chi connectivity index (χ3v) is 7.88. The number of carbonyl (C=O) groups excluding carboxylic acids is 3. The van der Waals surface area contributed by atoms with Crippen LogP contribution in [-0.4, -0.2) is 74.1 Å². The van der Waals surface area contributed by atoms with Gasteiger partial charge in [-0.25, -0.2) is 0 Å². The number of ether oxygens (including phenoxy) is 3. The van der Waals surface area contributed by atoms with E-state index >= 15 is 0 Å². The molecule has 6 rings (SSSR count). The van der Waals surface area contributed by atoms with Crippen LogP contribution in [0.1, 0.15) is 26.3 Å². The van der Waals surface area contributed by atoms with Gasteiger partial charge in [0.1, 0.15) is 12.3 Å². The largest absolute Gasteiger partial charge is 0.497 e. The summed E-state index contributed by atoms with van der Waals surface area (Å²) in [6, 6.07) is 29.4. The molecular weight excluding hydrogens is 572 g/mol. The predicted octanol–water partition coefficient (Wildman–Crippen LogP) is 4.67. The minimum absolute atomic E-state index is 0.00803. The number of methoxy groups -OCH3 is 1. The van der Waals surface area contributed by atoms with Gasteiger partial charge in [-0.2, -0.15) is 0 Å². The van der Waals surface area contributed by atoms with Gasteiger partial charge in [-0.15, -0.1) is 0 Å². The predicted molar refractivity (Wildman–Crippen MR) is 170 cm³/mol. The van der Waals surface area contributed by atoms with Crippen LogP contribution < -0.4 is 24.4 Å². The zero-order valence-electron chi connectivity index (χ0n) is 25.0. The number of rotatable bonds is 9. The number of anilines is 2. The van der Waals surface area contributed by atoms with Crippen molar-refractivity contribution < 1.29 is 28.6 Å². The molecule has 0 saturated carbocycles. The molecule has 10 heteroatoms. The van der Waals surface area contributed by atoms with Gasteiger partial charge in [-0.1, -0.05) is 30.3 Å². The van der Waals surface area contributed by atoms with E-state index in [1.165, 1.54) is 4.90 Å². The Morgan fingerprint density at radius 2 is 1.49 bits per heavy atom. The Bertz CT molecular complexity index is 1650. The first-order valence-corrected chi connectivity index (χ1v) is 14.8. The first-order valence-electron chi connectivity index (χ1n) is 14.8. The summed E-state index contributed by atoms with van der Waals surface area (Å²) < 4.78 is 16.0. The fourth-order valence-corrected chi connectivity index (χ4v) is 5.43. The van der Waals surface area contributed by atoms with Crippen LogP contribution >= 0.6 is 0 Å². The van der Waals surface area contributed by atoms with Crippen molar-refractivity contribution in [3.63, 3.8) is 0 Å². The molecule has 1 saturated heterocycles. The van der Waals surface area contributed by atoms with Gasteiger partial charge in [0.25, 0.3) is 11.8 Å². The average Bonchev–Trinajstić information content (AvgIpc) is 3.56. The highest BCUT2D eigenvalue weighted by Gasteiger charge is 2.24. The number of fused-ring (bicyclic) bond motifs is 1. The molecule has 0 radical (unpaired) electrons. The molecule has 10 nitrogen and oxygen atoms in total. The molecule has 1 N–H and O–H groups in total. The van der Waals surface area contributed by atoms with Crippen molar-refractivity contribution in [3.8, 4) is 17.2 Å². The van der Waals surface area contributed by atoms with E-state index in [1.807, 2.05) is 59.5 Å². The summed E-state index contributed by atoms with van der Waals surface area (Å²) in [5, 5.41) is 2.93. The number of hydrogen-bond donors (Lipinski definition) is 1. The van der Waals surface area contributed by atoms with Crippen molar-refractivity contribution in [1.29, 1.82) is 0 Å². The molecule has 0 spiro atoms. The normalized spacial score (nSPS) is 13.7. The Kier molecular flexibility index (Phi) is 8.81. The van der Waals surface area contributed by atoms with E-state index in [4.69, 9.17) is 14.2 Å². The Balaban J connectivity index is 1.06. The van der Waals surface area contributed by atoms with Crippen LogP contribution in [0.25, 0.3) is 0 Å². The summed E-state index contributed by atoms with van der Waals surface area (Å²) in [5.74, 6) is 1.23. The quantitative estimate of drug-likeness (QED) is 0.296. The van der Waals surface area contributed by atoms with E-state index < -0.39 is 0 Å². The lowest BCUT2D eigenvalue weighted by Crippen LogP contribution is -2.48. The molecule has 2 heterocycles. The molecule has 2 aliphatic rings. The summed E-state index contributed by atoms with van der Waals surface area (Å²) in [4.78, 5) is 45.2. The number of amides is 3. The number of nitrogens with one attached hydrogen (secondary N) is 1. The standard InChI is InChI=1S/C35H34N4O6/c1-43-30-14-7-26(8-15-30)34(41)38-19-17-37(18-20-38)29-12-10-28(11-13-29)36-33(40)23-39(22-25-5-3-2-4-6-25)35(42)27-9-16-31-32(21-27)45-24-44-31/h2-16,21H,17-20,22-24H2,1H3,(H,36,40). The van der Waals surface area contributed by atoms with Gasteiger partial charge in [0.05, 0.1) is 7.11 Å². The second kappa shape index (κ2) is 13.4. The summed E-state index contributed by atoms with van der Waals surface area (Å²) in [6.07, 6.45) is 0. The van der Waals surface area contributed by atoms with Crippen LogP contribution in [0, 0.1) is 0 Å². The summed E-state index contributed by atoms with van der Waals surface area (Å²) in [5.41, 5.74) is 3.61. The molecule has 1 fully saturated rings. The first kappa shape index (κ1) is 29.6. The Hall–Kier alpha value is -5.51. The van der Waals surface area contributed by atoms with Crippen LogP contribution in [-0.2, 0) is 11.3 Å². The van der Waals surface area contributed by atoms with E-state index in [0.717, 1.165) is 17.0 Å². The van der Waals surface area contributed by atoms with Crippen LogP contribution in [0.3, 0.4) is 0 Å². The van der Waals surface area contributed by atoms with Crippen molar-refractivity contribution in [2.24, 2.45) is 0 Å². The Morgan fingerprint density at radius 3 is 2.20 bits per heavy atom. The third kappa shape index (κ3) is 7.01. The number of hydrogen-bond acceptors (Lipinski definition) is 7. The smallest absolute Gasteiger partial charge is 0.254 e. The van der Waals surface area contributed by atoms with Crippen molar-refractivity contribution in [1.82, 2.24) is 9.80 Å². The summed E-state index contributed by atoms with van der Waals surface area (Å²) in [7, 11) is 1.60. The van der Waals surface area contributed by atoms with Gasteiger partial charge in [0.15, 0.2) is 11.5 Å². The molecule has 4 aromatic rings. The molecule has 0 aliphatic carbocycles. The average molecular weight is 607 g/mol. The molecule has 0 atom stereocenters. The van der Waals surface area contributed by atoms with Gasteiger partial charge in [0, 0.05) is 55.2 Å². The van der Waals surface area contributed by atoms with E-state index in [0.29, 0.717) is 54.5 Å². The lowest BCUT2D eigenvalue weighted by atomic mass is 10.1. The molecule has 230 valence electrons. The zero-order chi connectivity index (χ0) is 31.2. The van der Waals surface area contributed by atoms with Crippen LogP contribution in [0.4, 0.5) is 11.4 Å². The summed E-state index contributed by atoms with van der Waals surface area (Å²) >= 11 is 0. The molecule has 0 aromatic heterocycles. The monoisotopic (exact) mass is 606 g/mol. The lowest BCUT2D eigenvalue weighted by molar-refractivity contribution is -0.117. The summed E-state index contributed by atoms with van der Waals surface area (Å²) in [6.45, 7) is 2.87. The van der Waals surface area contributed by atoms with E-state index in [-0.39, 0.29) is 37.6 Å². The van der Waals surface area contributed by atoms with Crippen LogP contribution in [0.15, 0.2) is 97.1 Å². The number of benzene rings is 4. The van der Waals surface area contributed by atoms with E-state index in [2.05, 4.69) is 10.2 Å². The van der Waals surface area contributed by atoms with Gasteiger partial charge in [-0.05, 0) is 72.3 Å². The Labute approximate surface area is 261 Å². The van der Waals surface area contributed by atoms with Crippen molar-refractivity contribution in [3.05, 3.63) is 114 Å². The molecule has 3 amide bonds. The molecule has 0 bridgehead atoms. The maximum Gasteiger partial charge on any atom is 0.254 e. The van der Waals surface area contributed by atoms with E-state index in [1.54, 1.807) is 49.6 Å². The van der Waals surface area contributed by atoms with Gasteiger partial charge in [-0.3, -0.25) is 14.4 Å². The van der Waals surface area contributed by atoms with Crippen LogP contribution in [0.5, 0.6) is 17.2 Å². The first-order chi connectivity index (χ1) is 22.0. The highest BCUT2D eigenvalue weighted by atomic mass is 16.7. The van der Waals surface area contributed by atoms with Crippen LogP contribution in [0.2, 0.25) is 0 Å². The fourth-order valence-electron chi connectivity index (χ4n) is 5.43. The SMILES string of the molecule is COc1ccc(C(=O)N2CCN(c3ccc(NC(=O)CN(Cc4ccccc4)C(=O)c4ccc5c(c4)OCO5)cc3)CC2)cc1. The molecule has 45 heavy (non-hydrogen) atoms. The van der Waals surface area contributed by atoms with Gasteiger partial charge >= 0.3 is 0 Å².